The summed E-state index contributed by atoms with van der Waals surface area (Å²) >= 11 is 0. The van der Waals surface area contributed by atoms with Crippen molar-refractivity contribution in [3.05, 3.63) is 41.0 Å². The molecule has 0 atom stereocenters. The first-order valence-electron chi connectivity index (χ1n) is 6.42. The van der Waals surface area contributed by atoms with Crippen LogP contribution in [0.3, 0.4) is 0 Å². The molecule has 1 aliphatic rings. The minimum Gasteiger partial charge on any atom is -0.313 e. The van der Waals surface area contributed by atoms with Gasteiger partial charge in [-0.05, 0) is 37.6 Å². The summed E-state index contributed by atoms with van der Waals surface area (Å²) in [5.41, 5.74) is 2.06. The Balaban J connectivity index is 2.18. The molecule has 1 aliphatic heterocycles. The van der Waals surface area contributed by atoms with Gasteiger partial charge in [0.1, 0.15) is 0 Å². The summed E-state index contributed by atoms with van der Waals surface area (Å²) in [6.45, 7) is 3.69. The highest BCUT2D eigenvalue weighted by molar-refractivity contribution is 7.89. The maximum atomic E-state index is 12.3. The van der Waals surface area contributed by atoms with Gasteiger partial charge in [0.15, 0.2) is 0 Å². The summed E-state index contributed by atoms with van der Waals surface area (Å²) in [6, 6.07) is 6.64. The van der Waals surface area contributed by atoms with Crippen molar-refractivity contribution in [1.82, 2.24) is 10.0 Å². The highest BCUT2D eigenvalue weighted by Crippen LogP contribution is 2.17. The van der Waals surface area contributed by atoms with Crippen molar-refractivity contribution in [3.8, 4) is 6.07 Å². The fourth-order valence-electron chi connectivity index (χ4n) is 2.05. The largest absolute Gasteiger partial charge is 0.313 e. The van der Waals surface area contributed by atoms with Gasteiger partial charge in [0.05, 0.1) is 16.5 Å². The van der Waals surface area contributed by atoms with E-state index in [1.807, 2.05) is 12.1 Å². The van der Waals surface area contributed by atoms with Gasteiger partial charge in [0, 0.05) is 13.1 Å². The first-order valence-corrected chi connectivity index (χ1v) is 7.90. The van der Waals surface area contributed by atoms with Crippen molar-refractivity contribution in [2.75, 3.05) is 19.6 Å². The van der Waals surface area contributed by atoms with Crippen LogP contribution in [0.15, 0.2) is 34.7 Å². The maximum Gasteiger partial charge on any atom is 0.241 e. The normalized spacial score (nSPS) is 15.5. The Morgan fingerprint density at radius 1 is 1.45 bits per heavy atom. The predicted octanol–water partition coefficient (Wildman–Crippen LogP) is 1.06. The van der Waals surface area contributed by atoms with E-state index in [1.165, 1.54) is 6.07 Å². The zero-order chi connectivity index (χ0) is 14.6. The van der Waals surface area contributed by atoms with Crippen LogP contribution in [0.4, 0.5) is 0 Å². The van der Waals surface area contributed by atoms with Crippen molar-refractivity contribution < 1.29 is 8.42 Å². The molecule has 0 aliphatic carbocycles. The molecule has 5 nitrogen and oxygen atoms in total. The number of hydrogen-bond donors (Lipinski definition) is 2. The molecule has 1 aromatic rings. The summed E-state index contributed by atoms with van der Waals surface area (Å²) < 4.78 is 27.2. The highest BCUT2D eigenvalue weighted by Gasteiger charge is 2.18. The lowest BCUT2D eigenvalue weighted by Crippen LogP contribution is -2.30. The third-order valence-electron chi connectivity index (χ3n) is 3.25. The molecular weight excluding hydrogens is 274 g/mol. The van der Waals surface area contributed by atoms with Crippen LogP contribution >= 0.6 is 0 Å². The van der Waals surface area contributed by atoms with Gasteiger partial charge in [-0.25, -0.2) is 13.1 Å². The zero-order valence-electron chi connectivity index (χ0n) is 11.3. The Morgan fingerprint density at radius 2 is 2.25 bits per heavy atom. The molecule has 0 radical (unpaired) electrons. The molecule has 0 aromatic heterocycles. The molecule has 0 saturated heterocycles. The molecule has 20 heavy (non-hydrogen) atoms. The molecule has 106 valence electrons. The average molecular weight is 291 g/mol. The molecule has 0 bridgehead atoms. The molecule has 6 heteroatoms. The van der Waals surface area contributed by atoms with Crippen molar-refractivity contribution in [1.29, 1.82) is 5.26 Å². The molecule has 2 N–H and O–H groups in total. The van der Waals surface area contributed by atoms with Gasteiger partial charge >= 0.3 is 0 Å². The topological polar surface area (TPSA) is 82.0 Å². The van der Waals surface area contributed by atoms with Gasteiger partial charge in [0.25, 0.3) is 0 Å². The van der Waals surface area contributed by atoms with Crippen LogP contribution in [-0.2, 0) is 10.0 Å². The van der Waals surface area contributed by atoms with Crippen LogP contribution in [0.5, 0.6) is 0 Å². The van der Waals surface area contributed by atoms with Gasteiger partial charge in [-0.15, -0.1) is 0 Å². The van der Waals surface area contributed by atoms with E-state index in [1.54, 1.807) is 19.1 Å². The second-order valence-electron chi connectivity index (χ2n) is 4.73. The summed E-state index contributed by atoms with van der Waals surface area (Å²) in [5, 5.41) is 12.0. The average Bonchev–Trinajstić information content (AvgIpc) is 2.47. The van der Waals surface area contributed by atoms with Gasteiger partial charge in [-0.1, -0.05) is 17.7 Å². The fourth-order valence-corrected chi connectivity index (χ4v) is 3.36. The smallest absolute Gasteiger partial charge is 0.241 e. The molecular formula is C14H17N3O2S. The Labute approximate surface area is 119 Å². The molecule has 2 rings (SSSR count). The lowest BCUT2D eigenvalue weighted by Gasteiger charge is -2.15. The van der Waals surface area contributed by atoms with E-state index < -0.39 is 10.0 Å². The van der Waals surface area contributed by atoms with Crippen molar-refractivity contribution in [2.24, 2.45) is 0 Å². The monoisotopic (exact) mass is 291 g/mol. The van der Waals surface area contributed by atoms with E-state index in [0.717, 1.165) is 25.1 Å². The standard InChI is InChI=1S/C14H17N3O2S/c1-11-2-3-13(9-15)8-14(11)20(18,19)17-10-12-4-6-16-7-5-12/h2-4,8,16-17H,5-7,10H2,1H3. The Hall–Kier alpha value is -1.68. The fraction of sp³-hybridized carbons (Fsp3) is 0.357. The number of nitrogens with one attached hydrogen (secondary N) is 2. The van der Waals surface area contributed by atoms with E-state index in [2.05, 4.69) is 10.0 Å². The number of nitrogens with zero attached hydrogens (tertiary/aromatic N) is 1. The number of aryl methyl sites for hydroxylation is 1. The van der Waals surface area contributed by atoms with E-state index in [9.17, 15) is 8.42 Å². The summed E-state index contributed by atoms with van der Waals surface area (Å²) in [7, 11) is -3.59. The van der Waals surface area contributed by atoms with Crippen molar-refractivity contribution in [3.63, 3.8) is 0 Å². The van der Waals surface area contributed by atoms with Gasteiger partial charge in [-0.3, -0.25) is 0 Å². The number of nitriles is 1. The molecule has 0 spiro atoms. The second kappa shape index (κ2) is 6.18. The zero-order valence-corrected chi connectivity index (χ0v) is 12.1. The van der Waals surface area contributed by atoms with Gasteiger partial charge in [0.2, 0.25) is 10.0 Å². The maximum absolute atomic E-state index is 12.3. The van der Waals surface area contributed by atoms with Crippen LogP contribution in [0.25, 0.3) is 0 Å². The highest BCUT2D eigenvalue weighted by atomic mass is 32.2. The Morgan fingerprint density at radius 3 is 2.90 bits per heavy atom. The summed E-state index contributed by atoms with van der Waals surface area (Å²) in [4.78, 5) is 0.172. The van der Waals surface area contributed by atoms with Crippen molar-refractivity contribution >= 4 is 10.0 Å². The third-order valence-corrected chi connectivity index (χ3v) is 4.80. The number of rotatable bonds is 4. The SMILES string of the molecule is Cc1ccc(C#N)cc1S(=O)(=O)NCC1=CCNCC1. The minimum absolute atomic E-state index is 0.172. The van der Waals surface area contributed by atoms with Crippen LogP contribution in [-0.4, -0.2) is 28.1 Å². The first-order chi connectivity index (χ1) is 9.53. The Bertz CT molecular complexity index is 672. The molecule has 0 amide bonds. The van der Waals surface area contributed by atoms with Gasteiger partial charge < -0.3 is 5.32 Å². The van der Waals surface area contributed by atoms with E-state index >= 15 is 0 Å². The van der Waals surface area contributed by atoms with Gasteiger partial charge in [-0.2, -0.15) is 5.26 Å². The van der Waals surface area contributed by atoms with E-state index in [0.29, 0.717) is 17.7 Å². The minimum atomic E-state index is -3.59. The van der Waals surface area contributed by atoms with Crippen LogP contribution in [0, 0.1) is 18.3 Å². The summed E-state index contributed by atoms with van der Waals surface area (Å²) in [5.74, 6) is 0. The first kappa shape index (κ1) is 14.7. The molecule has 0 unspecified atom stereocenters. The lowest BCUT2D eigenvalue weighted by molar-refractivity contribution is 0.581. The molecule has 0 fully saturated rings. The third kappa shape index (κ3) is 3.45. The van der Waals surface area contributed by atoms with Crippen LogP contribution in [0.2, 0.25) is 0 Å². The van der Waals surface area contributed by atoms with Crippen LogP contribution in [0.1, 0.15) is 17.5 Å². The predicted molar refractivity (Wildman–Crippen MR) is 76.7 cm³/mol. The molecule has 1 heterocycles. The summed E-state index contributed by atoms with van der Waals surface area (Å²) in [6.07, 6.45) is 2.85. The number of sulfonamides is 1. The molecule has 0 saturated carbocycles. The van der Waals surface area contributed by atoms with E-state index in [-0.39, 0.29) is 4.90 Å². The van der Waals surface area contributed by atoms with Crippen molar-refractivity contribution in [2.45, 2.75) is 18.2 Å². The van der Waals surface area contributed by atoms with Crippen LogP contribution < -0.4 is 10.0 Å². The number of hydrogen-bond acceptors (Lipinski definition) is 4. The quantitative estimate of drug-likeness (QED) is 0.813. The second-order valence-corrected chi connectivity index (χ2v) is 6.47. The molecule has 1 aromatic carbocycles. The Kier molecular flexibility index (Phi) is 4.55. The number of benzene rings is 1. The lowest BCUT2D eigenvalue weighted by atomic mass is 10.1. The van der Waals surface area contributed by atoms with E-state index in [4.69, 9.17) is 5.26 Å².